The molecule has 0 saturated heterocycles. The van der Waals surface area contributed by atoms with Crippen molar-refractivity contribution in [3.63, 3.8) is 0 Å². The highest BCUT2D eigenvalue weighted by atomic mass is 16.5. The lowest BCUT2D eigenvalue weighted by molar-refractivity contribution is -0.137. The number of hydrogen-bond acceptors (Lipinski definition) is 6. The third-order valence-corrected chi connectivity index (χ3v) is 4.69. The molecule has 1 unspecified atom stereocenters. The van der Waals surface area contributed by atoms with Gasteiger partial charge in [0.15, 0.2) is 6.17 Å². The van der Waals surface area contributed by atoms with Crippen LogP contribution < -0.4 is 26.4 Å². The fourth-order valence-electron chi connectivity index (χ4n) is 2.94. The molecule has 6 N–H and O–H groups in total. The first-order chi connectivity index (χ1) is 16.3. The van der Waals surface area contributed by atoms with Crippen molar-refractivity contribution in [2.45, 2.75) is 38.3 Å². The highest BCUT2D eigenvalue weighted by molar-refractivity contribution is 5.90. The van der Waals surface area contributed by atoms with E-state index in [4.69, 9.17) is 15.6 Å². The summed E-state index contributed by atoms with van der Waals surface area (Å²) in [6.07, 6.45) is -0.286. The Kier molecular flexibility index (Phi) is 10.9. The Hall–Kier alpha value is -4.08. The number of primary amides is 1. The molecule has 0 fully saturated rings. The van der Waals surface area contributed by atoms with E-state index < -0.39 is 29.9 Å². The lowest BCUT2D eigenvalue weighted by atomic mass is 10.1. The molecule has 10 heteroatoms. The molecule has 182 valence electrons. The number of carbonyl (C=O) groups excluding carboxylic acids is 3. The zero-order valence-corrected chi connectivity index (χ0v) is 18.8. The summed E-state index contributed by atoms with van der Waals surface area (Å²) in [5.41, 5.74) is 6.71. The van der Waals surface area contributed by atoms with Crippen molar-refractivity contribution in [2.24, 2.45) is 5.73 Å². The number of aliphatic carboxylic acids is 1. The van der Waals surface area contributed by atoms with Crippen molar-refractivity contribution in [1.82, 2.24) is 10.6 Å². The normalized spacial score (nSPS) is 11.2. The van der Waals surface area contributed by atoms with E-state index in [1.807, 2.05) is 30.3 Å². The second-order valence-corrected chi connectivity index (χ2v) is 7.51. The molecule has 0 bridgehead atoms. The summed E-state index contributed by atoms with van der Waals surface area (Å²) >= 11 is 0. The molecule has 0 aliphatic rings. The lowest BCUT2D eigenvalue weighted by Gasteiger charge is -2.21. The molecule has 2 aromatic rings. The van der Waals surface area contributed by atoms with Crippen LogP contribution >= 0.6 is 0 Å². The lowest BCUT2D eigenvalue weighted by Crippen LogP contribution is -2.51. The maximum absolute atomic E-state index is 12.8. The van der Waals surface area contributed by atoms with Crippen LogP contribution in [0.2, 0.25) is 0 Å². The van der Waals surface area contributed by atoms with Crippen LogP contribution in [0, 0.1) is 0 Å². The monoisotopic (exact) mass is 470 g/mol. The number of nitrogens with two attached hydrogens (primary N) is 1. The van der Waals surface area contributed by atoms with E-state index in [-0.39, 0.29) is 25.9 Å². The van der Waals surface area contributed by atoms with Crippen molar-refractivity contribution in [1.29, 1.82) is 0 Å². The van der Waals surface area contributed by atoms with E-state index >= 15 is 0 Å². The number of benzene rings is 2. The largest absolute Gasteiger partial charge is 0.494 e. The van der Waals surface area contributed by atoms with Crippen LogP contribution in [-0.4, -0.2) is 48.1 Å². The molecule has 0 radical (unpaired) electrons. The number of rotatable bonds is 15. The number of ether oxygens (including phenoxy) is 1. The number of hydrogen-bond donors (Lipinski definition) is 5. The van der Waals surface area contributed by atoms with Crippen LogP contribution in [0.1, 0.15) is 31.2 Å². The van der Waals surface area contributed by atoms with Gasteiger partial charge >= 0.3 is 5.97 Å². The van der Waals surface area contributed by atoms with Gasteiger partial charge in [0.2, 0.25) is 11.8 Å². The zero-order valence-electron chi connectivity index (χ0n) is 18.8. The SMILES string of the molecule is NC(=O)CCC(=O)NC(Nc1ccc(OCCCC(=O)O)cc1)C(=O)NCCc1ccccc1. The molecule has 0 saturated carbocycles. The summed E-state index contributed by atoms with van der Waals surface area (Å²) < 4.78 is 5.49. The molecule has 0 aliphatic heterocycles. The quantitative estimate of drug-likeness (QED) is 0.194. The first-order valence-corrected chi connectivity index (χ1v) is 10.9. The van der Waals surface area contributed by atoms with Crippen molar-refractivity contribution in [3.05, 3.63) is 60.2 Å². The van der Waals surface area contributed by atoms with Gasteiger partial charge in [-0.1, -0.05) is 30.3 Å². The van der Waals surface area contributed by atoms with Crippen LogP contribution in [0.15, 0.2) is 54.6 Å². The Bertz CT molecular complexity index is 950. The highest BCUT2D eigenvalue weighted by Gasteiger charge is 2.20. The van der Waals surface area contributed by atoms with Gasteiger partial charge in [-0.2, -0.15) is 0 Å². The van der Waals surface area contributed by atoms with E-state index in [0.29, 0.717) is 30.8 Å². The zero-order chi connectivity index (χ0) is 24.8. The number of carboxylic acid groups (broad SMARTS) is 1. The topological polar surface area (TPSA) is 160 Å². The average Bonchev–Trinajstić information content (AvgIpc) is 2.81. The smallest absolute Gasteiger partial charge is 0.303 e. The molecule has 2 aromatic carbocycles. The van der Waals surface area contributed by atoms with Crippen molar-refractivity contribution in [3.8, 4) is 5.75 Å². The van der Waals surface area contributed by atoms with E-state index in [2.05, 4.69) is 16.0 Å². The Balaban J connectivity index is 1.94. The minimum absolute atomic E-state index is 0.0240. The molecule has 3 amide bonds. The molecule has 0 aromatic heterocycles. The molecular weight excluding hydrogens is 440 g/mol. The Morgan fingerprint density at radius 2 is 1.65 bits per heavy atom. The van der Waals surface area contributed by atoms with Crippen LogP contribution in [0.3, 0.4) is 0 Å². The van der Waals surface area contributed by atoms with E-state index in [1.165, 1.54) is 0 Å². The molecular formula is C24H30N4O6. The fourth-order valence-corrected chi connectivity index (χ4v) is 2.94. The summed E-state index contributed by atoms with van der Waals surface area (Å²) in [6.45, 7) is 0.642. The van der Waals surface area contributed by atoms with Gasteiger partial charge in [0.1, 0.15) is 5.75 Å². The Morgan fingerprint density at radius 1 is 0.941 bits per heavy atom. The van der Waals surface area contributed by atoms with Gasteiger partial charge in [0.05, 0.1) is 6.61 Å². The first kappa shape index (κ1) is 26.2. The van der Waals surface area contributed by atoms with Gasteiger partial charge in [0, 0.05) is 31.5 Å². The number of amides is 3. The second-order valence-electron chi connectivity index (χ2n) is 7.51. The van der Waals surface area contributed by atoms with Crippen LogP contribution in [0.25, 0.3) is 0 Å². The maximum Gasteiger partial charge on any atom is 0.303 e. The third kappa shape index (κ3) is 10.5. The minimum Gasteiger partial charge on any atom is -0.494 e. The summed E-state index contributed by atoms with van der Waals surface area (Å²) in [5, 5.41) is 17.0. The van der Waals surface area contributed by atoms with Gasteiger partial charge in [-0.3, -0.25) is 19.2 Å². The molecule has 2 rings (SSSR count). The molecule has 0 spiro atoms. The van der Waals surface area contributed by atoms with Gasteiger partial charge in [0.25, 0.3) is 5.91 Å². The Labute approximate surface area is 197 Å². The summed E-state index contributed by atoms with van der Waals surface area (Å²) in [6, 6.07) is 16.3. The highest BCUT2D eigenvalue weighted by Crippen LogP contribution is 2.16. The second kappa shape index (κ2) is 14.1. The van der Waals surface area contributed by atoms with Gasteiger partial charge in [-0.05, 0) is 42.7 Å². The van der Waals surface area contributed by atoms with E-state index in [1.54, 1.807) is 24.3 Å². The molecule has 34 heavy (non-hydrogen) atoms. The predicted octanol–water partition coefficient (Wildman–Crippen LogP) is 1.41. The van der Waals surface area contributed by atoms with Crippen LogP contribution in [0.4, 0.5) is 5.69 Å². The van der Waals surface area contributed by atoms with Crippen molar-refractivity contribution in [2.75, 3.05) is 18.5 Å². The minimum atomic E-state index is -1.07. The Morgan fingerprint density at radius 3 is 2.29 bits per heavy atom. The standard InChI is InChI=1S/C24H30N4O6/c25-20(29)12-13-21(30)28-23(24(33)26-15-14-17-5-2-1-3-6-17)27-18-8-10-19(11-9-18)34-16-4-7-22(31)32/h1-3,5-6,8-11,23,27H,4,7,12-16H2,(H2,25,29)(H,26,33)(H,28,30)(H,31,32). The van der Waals surface area contributed by atoms with Crippen molar-refractivity contribution >= 4 is 29.4 Å². The molecule has 10 nitrogen and oxygen atoms in total. The van der Waals surface area contributed by atoms with Gasteiger partial charge in [-0.25, -0.2) is 0 Å². The molecule has 0 aliphatic carbocycles. The summed E-state index contributed by atoms with van der Waals surface area (Å²) in [5.74, 6) is -1.87. The maximum atomic E-state index is 12.8. The van der Waals surface area contributed by atoms with Gasteiger partial charge in [-0.15, -0.1) is 0 Å². The molecule has 0 heterocycles. The third-order valence-electron chi connectivity index (χ3n) is 4.69. The number of nitrogens with one attached hydrogen (secondary N) is 3. The number of anilines is 1. The van der Waals surface area contributed by atoms with E-state index in [9.17, 15) is 19.2 Å². The first-order valence-electron chi connectivity index (χ1n) is 10.9. The van der Waals surface area contributed by atoms with Gasteiger partial charge < -0.3 is 31.5 Å². The summed E-state index contributed by atoms with van der Waals surface area (Å²) in [7, 11) is 0. The van der Waals surface area contributed by atoms with Crippen LogP contribution in [0.5, 0.6) is 5.75 Å². The summed E-state index contributed by atoms with van der Waals surface area (Å²) in [4.78, 5) is 46.5. The van der Waals surface area contributed by atoms with E-state index in [0.717, 1.165) is 5.56 Å². The average molecular weight is 471 g/mol. The predicted molar refractivity (Wildman–Crippen MR) is 126 cm³/mol. The number of carbonyl (C=O) groups is 4. The fraction of sp³-hybridized carbons (Fsp3) is 0.333. The van der Waals surface area contributed by atoms with Crippen LogP contribution in [-0.2, 0) is 25.6 Å². The van der Waals surface area contributed by atoms with Crippen molar-refractivity contribution < 1.29 is 29.0 Å². The molecule has 1 atom stereocenters. The number of carboxylic acids is 1.